The number of nitrogens with two attached hydrogens (primary N) is 1. The summed E-state index contributed by atoms with van der Waals surface area (Å²) in [5, 5.41) is -0.159. The van der Waals surface area contributed by atoms with Crippen LogP contribution in [0.1, 0.15) is 19.8 Å². The van der Waals surface area contributed by atoms with Gasteiger partial charge in [-0.15, -0.1) is 0 Å². The molecule has 2 rings (SSSR count). The van der Waals surface area contributed by atoms with Gasteiger partial charge in [0.25, 0.3) is 0 Å². The van der Waals surface area contributed by atoms with Crippen LogP contribution in [0.15, 0.2) is 28.1 Å². The SMILES string of the molecule is CC1CCCN(C(N)=NCCNS(=O)(=O)c2ccc(F)cc2Cl)C1. The Labute approximate surface area is 146 Å². The minimum Gasteiger partial charge on any atom is -0.370 e. The highest BCUT2D eigenvalue weighted by atomic mass is 35.5. The largest absolute Gasteiger partial charge is 0.370 e. The number of likely N-dealkylation sites (tertiary alicyclic amines) is 1. The molecule has 1 unspecified atom stereocenters. The molecule has 1 saturated heterocycles. The van der Waals surface area contributed by atoms with Gasteiger partial charge in [-0.3, -0.25) is 4.99 Å². The van der Waals surface area contributed by atoms with E-state index >= 15 is 0 Å². The monoisotopic (exact) mass is 376 g/mol. The van der Waals surface area contributed by atoms with Crippen LogP contribution in [0, 0.1) is 11.7 Å². The molecule has 24 heavy (non-hydrogen) atoms. The maximum atomic E-state index is 13.0. The molecule has 0 radical (unpaired) electrons. The second kappa shape index (κ2) is 8.13. The zero-order chi connectivity index (χ0) is 17.7. The van der Waals surface area contributed by atoms with Crippen molar-refractivity contribution in [1.82, 2.24) is 9.62 Å². The molecule has 1 heterocycles. The van der Waals surface area contributed by atoms with Gasteiger partial charge < -0.3 is 10.6 Å². The van der Waals surface area contributed by atoms with Crippen molar-refractivity contribution in [3.05, 3.63) is 29.0 Å². The van der Waals surface area contributed by atoms with Crippen molar-refractivity contribution in [3.63, 3.8) is 0 Å². The number of hydrogen-bond donors (Lipinski definition) is 2. The Morgan fingerprint density at radius 2 is 2.29 bits per heavy atom. The summed E-state index contributed by atoms with van der Waals surface area (Å²) in [6.45, 7) is 4.21. The van der Waals surface area contributed by atoms with Crippen molar-refractivity contribution in [2.75, 3.05) is 26.2 Å². The lowest BCUT2D eigenvalue weighted by Gasteiger charge is -2.31. The Morgan fingerprint density at radius 1 is 1.54 bits per heavy atom. The molecule has 0 bridgehead atoms. The van der Waals surface area contributed by atoms with E-state index in [2.05, 4.69) is 16.6 Å². The molecule has 0 spiro atoms. The highest BCUT2D eigenvalue weighted by molar-refractivity contribution is 7.89. The minimum absolute atomic E-state index is 0.0835. The predicted molar refractivity (Wildman–Crippen MR) is 93.1 cm³/mol. The molecule has 0 aromatic heterocycles. The van der Waals surface area contributed by atoms with Crippen molar-refractivity contribution in [1.29, 1.82) is 0 Å². The first-order valence-corrected chi connectivity index (χ1v) is 9.65. The molecule has 1 aliphatic rings. The van der Waals surface area contributed by atoms with Gasteiger partial charge in [-0.25, -0.2) is 17.5 Å². The quantitative estimate of drug-likeness (QED) is 0.466. The number of halogens is 2. The third-order valence-corrected chi connectivity index (χ3v) is 5.79. The molecular weight excluding hydrogens is 355 g/mol. The highest BCUT2D eigenvalue weighted by Gasteiger charge is 2.19. The number of nitrogens with zero attached hydrogens (tertiary/aromatic N) is 2. The van der Waals surface area contributed by atoms with Gasteiger partial charge >= 0.3 is 0 Å². The molecule has 0 amide bonds. The number of hydrogen-bond acceptors (Lipinski definition) is 3. The fourth-order valence-electron chi connectivity index (χ4n) is 2.62. The van der Waals surface area contributed by atoms with E-state index in [1.807, 2.05) is 4.90 Å². The molecule has 6 nitrogen and oxygen atoms in total. The number of nitrogens with one attached hydrogen (secondary N) is 1. The standard InChI is InChI=1S/C15H22ClFN4O2S/c1-11-3-2-8-21(10-11)15(18)19-6-7-20-24(22,23)14-5-4-12(17)9-13(14)16/h4-5,9,11,20H,2-3,6-8,10H2,1H3,(H2,18,19). The Balaban J connectivity index is 1.89. The Hall–Kier alpha value is -1.38. The summed E-state index contributed by atoms with van der Waals surface area (Å²) in [7, 11) is -3.81. The average Bonchev–Trinajstić information content (AvgIpc) is 2.51. The van der Waals surface area contributed by atoms with Crippen LogP contribution in [0.2, 0.25) is 5.02 Å². The fourth-order valence-corrected chi connectivity index (χ4v) is 4.17. The molecule has 1 aromatic rings. The van der Waals surface area contributed by atoms with Gasteiger partial charge in [-0.1, -0.05) is 18.5 Å². The topological polar surface area (TPSA) is 87.8 Å². The summed E-state index contributed by atoms with van der Waals surface area (Å²) in [6.07, 6.45) is 2.26. The molecule has 134 valence electrons. The van der Waals surface area contributed by atoms with E-state index in [-0.39, 0.29) is 23.0 Å². The van der Waals surface area contributed by atoms with Crippen LogP contribution in [0.4, 0.5) is 4.39 Å². The minimum atomic E-state index is -3.81. The molecule has 1 aromatic carbocycles. The van der Waals surface area contributed by atoms with Crippen molar-refractivity contribution < 1.29 is 12.8 Å². The van der Waals surface area contributed by atoms with Crippen LogP contribution in [-0.4, -0.2) is 45.5 Å². The van der Waals surface area contributed by atoms with Crippen molar-refractivity contribution in [3.8, 4) is 0 Å². The van der Waals surface area contributed by atoms with Gasteiger partial charge in [0, 0.05) is 19.6 Å². The Morgan fingerprint density at radius 3 is 2.96 bits per heavy atom. The van der Waals surface area contributed by atoms with Crippen LogP contribution in [0.5, 0.6) is 0 Å². The average molecular weight is 377 g/mol. The first-order valence-electron chi connectivity index (χ1n) is 7.79. The van der Waals surface area contributed by atoms with Gasteiger partial charge in [0.1, 0.15) is 10.7 Å². The molecular formula is C15H22ClFN4O2S. The second-order valence-corrected chi connectivity index (χ2v) is 8.05. The molecule has 0 aliphatic carbocycles. The lowest BCUT2D eigenvalue weighted by Crippen LogP contribution is -2.43. The third kappa shape index (κ3) is 5.06. The Kier molecular flexibility index (Phi) is 6.42. The van der Waals surface area contributed by atoms with Crippen molar-refractivity contribution in [2.24, 2.45) is 16.6 Å². The van der Waals surface area contributed by atoms with Crippen LogP contribution in [-0.2, 0) is 10.0 Å². The van der Waals surface area contributed by atoms with Gasteiger partial charge in [-0.05, 0) is 37.0 Å². The third-order valence-electron chi connectivity index (χ3n) is 3.84. The molecule has 1 aliphatic heterocycles. The molecule has 3 N–H and O–H groups in total. The van der Waals surface area contributed by atoms with Gasteiger partial charge in [0.2, 0.25) is 10.0 Å². The van der Waals surface area contributed by atoms with Crippen LogP contribution >= 0.6 is 11.6 Å². The van der Waals surface area contributed by atoms with E-state index in [0.717, 1.165) is 37.7 Å². The maximum absolute atomic E-state index is 13.0. The predicted octanol–water partition coefficient (Wildman–Crippen LogP) is 1.80. The fraction of sp³-hybridized carbons (Fsp3) is 0.533. The highest BCUT2D eigenvalue weighted by Crippen LogP contribution is 2.21. The van der Waals surface area contributed by atoms with E-state index in [1.165, 1.54) is 6.42 Å². The normalized spacial score (nSPS) is 19.5. The van der Waals surface area contributed by atoms with E-state index in [1.54, 1.807) is 0 Å². The summed E-state index contributed by atoms with van der Waals surface area (Å²) in [4.78, 5) is 6.07. The van der Waals surface area contributed by atoms with Gasteiger partial charge in [-0.2, -0.15) is 0 Å². The zero-order valence-corrected chi connectivity index (χ0v) is 15.1. The van der Waals surface area contributed by atoms with E-state index in [9.17, 15) is 12.8 Å². The summed E-state index contributed by atoms with van der Waals surface area (Å²) in [5.41, 5.74) is 5.95. The second-order valence-electron chi connectivity index (χ2n) is 5.91. The van der Waals surface area contributed by atoms with Crippen molar-refractivity contribution >= 4 is 27.6 Å². The number of benzene rings is 1. The van der Waals surface area contributed by atoms with E-state index in [4.69, 9.17) is 17.3 Å². The van der Waals surface area contributed by atoms with Gasteiger partial charge in [0.15, 0.2) is 5.96 Å². The number of sulfonamides is 1. The smallest absolute Gasteiger partial charge is 0.242 e. The van der Waals surface area contributed by atoms with E-state index in [0.29, 0.717) is 11.9 Å². The summed E-state index contributed by atoms with van der Waals surface area (Å²) >= 11 is 5.78. The van der Waals surface area contributed by atoms with Crippen LogP contribution in [0.25, 0.3) is 0 Å². The summed E-state index contributed by atoms with van der Waals surface area (Å²) in [5.74, 6) is 0.416. The molecule has 1 fully saturated rings. The number of piperidine rings is 1. The maximum Gasteiger partial charge on any atom is 0.242 e. The number of aliphatic imine (C=N–C) groups is 1. The molecule has 0 saturated carbocycles. The first-order chi connectivity index (χ1) is 11.3. The first kappa shape index (κ1) is 19.0. The van der Waals surface area contributed by atoms with E-state index < -0.39 is 15.8 Å². The van der Waals surface area contributed by atoms with Crippen LogP contribution in [0.3, 0.4) is 0 Å². The number of rotatable bonds is 5. The summed E-state index contributed by atoms with van der Waals surface area (Å²) < 4.78 is 39.7. The zero-order valence-electron chi connectivity index (χ0n) is 13.5. The molecule has 1 atom stereocenters. The van der Waals surface area contributed by atoms with Gasteiger partial charge in [0.05, 0.1) is 11.6 Å². The Bertz CT molecular complexity index is 711. The number of guanidine groups is 1. The lowest BCUT2D eigenvalue weighted by molar-refractivity contribution is 0.270. The van der Waals surface area contributed by atoms with Crippen molar-refractivity contribution in [2.45, 2.75) is 24.7 Å². The molecule has 9 heteroatoms. The summed E-state index contributed by atoms with van der Waals surface area (Å²) in [6, 6.07) is 3.14. The lowest BCUT2D eigenvalue weighted by atomic mass is 10.0. The van der Waals surface area contributed by atoms with Crippen LogP contribution < -0.4 is 10.5 Å².